The van der Waals surface area contributed by atoms with E-state index in [9.17, 15) is 4.79 Å². The summed E-state index contributed by atoms with van der Waals surface area (Å²) in [5.41, 5.74) is 6.16. The second kappa shape index (κ2) is 5.48. The Kier molecular flexibility index (Phi) is 3.95. The van der Waals surface area contributed by atoms with Crippen molar-refractivity contribution in [2.24, 2.45) is 11.1 Å². The Morgan fingerprint density at radius 3 is 2.63 bits per heavy atom. The third-order valence-electron chi connectivity index (χ3n) is 3.52. The van der Waals surface area contributed by atoms with Crippen molar-refractivity contribution in [1.82, 2.24) is 0 Å². The largest absolute Gasteiger partial charge is 0.493 e. The lowest BCUT2D eigenvalue weighted by atomic mass is 10.1. The summed E-state index contributed by atoms with van der Waals surface area (Å²) >= 11 is 0. The summed E-state index contributed by atoms with van der Waals surface area (Å²) in [4.78, 5) is 11.7. The van der Waals surface area contributed by atoms with Crippen LogP contribution < -0.4 is 15.2 Å². The highest BCUT2D eigenvalue weighted by molar-refractivity contribution is 5.93. The van der Waals surface area contributed by atoms with Crippen LogP contribution in [0.5, 0.6) is 11.5 Å². The van der Waals surface area contributed by atoms with Gasteiger partial charge in [-0.25, -0.2) is 4.79 Å². The topological polar surface area (TPSA) is 70.8 Å². The number of carbonyl (C=O) groups excluding carboxylic acids is 1. The Morgan fingerprint density at radius 1 is 1.37 bits per heavy atom. The molecule has 1 aliphatic carbocycles. The minimum Gasteiger partial charge on any atom is -0.493 e. The summed E-state index contributed by atoms with van der Waals surface area (Å²) in [5.74, 6) is 0.513. The number of benzene rings is 1. The van der Waals surface area contributed by atoms with Gasteiger partial charge in [0, 0.05) is 12.0 Å². The molecule has 0 saturated heterocycles. The van der Waals surface area contributed by atoms with Crippen LogP contribution in [0.2, 0.25) is 0 Å². The summed E-state index contributed by atoms with van der Waals surface area (Å²) in [6, 6.07) is 5.14. The smallest absolute Gasteiger partial charge is 0.341 e. The van der Waals surface area contributed by atoms with Gasteiger partial charge < -0.3 is 19.9 Å². The highest BCUT2D eigenvalue weighted by Gasteiger charge is 2.42. The number of carbonyl (C=O) groups is 1. The van der Waals surface area contributed by atoms with Crippen LogP contribution in [0, 0.1) is 5.41 Å². The molecule has 0 spiro atoms. The standard InChI is InChI=1S/C14H19NO4/c1-17-11-5-3-4-10(13(16)18-2)12(11)19-9-14(8-15)6-7-14/h3-5H,6-9,15H2,1-2H3. The van der Waals surface area contributed by atoms with Gasteiger partial charge in [0.15, 0.2) is 11.5 Å². The van der Waals surface area contributed by atoms with Gasteiger partial charge in [-0.1, -0.05) is 6.07 Å². The quantitative estimate of drug-likeness (QED) is 0.791. The van der Waals surface area contributed by atoms with Crippen molar-refractivity contribution in [1.29, 1.82) is 0 Å². The first-order valence-electron chi connectivity index (χ1n) is 6.24. The highest BCUT2D eigenvalue weighted by atomic mass is 16.5. The molecule has 0 bridgehead atoms. The van der Waals surface area contributed by atoms with Crippen LogP contribution in [0.15, 0.2) is 18.2 Å². The van der Waals surface area contributed by atoms with Crippen molar-refractivity contribution in [3.63, 3.8) is 0 Å². The summed E-state index contributed by atoms with van der Waals surface area (Å²) in [6.45, 7) is 1.09. The minimum absolute atomic E-state index is 0.0637. The molecule has 5 heteroatoms. The number of rotatable bonds is 6. The molecule has 0 unspecified atom stereocenters. The van der Waals surface area contributed by atoms with E-state index in [-0.39, 0.29) is 5.41 Å². The van der Waals surface area contributed by atoms with Gasteiger partial charge in [-0.05, 0) is 25.0 Å². The SMILES string of the molecule is COC(=O)c1cccc(OC)c1OCC1(CN)CC1. The van der Waals surface area contributed by atoms with Gasteiger partial charge in [0.25, 0.3) is 0 Å². The van der Waals surface area contributed by atoms with Crippen molar-refractivity contribution in [2.45, 2.75) is 12.8 Å². The highest BCUT2D eigenvalue weighted by Crippen LogP contribution is 2.45. The van der Waals surface area contributed by atoms with E-state index in [2.05, 4.69) is 0 Å². The summed E-state index contributed by atoms with van der Waals surface area (Å²) < 4.78 is 15.8. The zero-order valence-corrected chi connectivity index (χ0v) is 11.3. The van der Waals surface area contributed by atoms with Gasteiger partial charge in [-0.3, -0.25) is 0 Å². The molecule has 0 amide bonds. The fraction of sp³-hybridized carbons (Fsp3) is 0.500. The van der Waals surface area contributed by atoms with Gasteiger partial charge in [-0.2, -0.15) is 0 Å². The van der Waals surface area contributed by atoms with Gasteiger partial charge >= 0.3 is 5.97 Å². The third-order valence-corrected chi connectivity index (χ3v) is 3.52. The summed E-state index contributed by atoms with van der Waals surface area (Å²) in [6.07, 6.45) is 2.12. The number of nitrogens with two attached hydrogens (primary N) is 1. The molecular formula is C14H19NO4. The maximum Gasteiger partial charge on any atom is 0.341 e. The molecule has 2 rings (SSSR count). The summed E-state index contributed by atoms with van der Waals surface area (Å²) in [7, 11) is 2.88. The Balaban J connectivity index is 2.22. The van der Waals surface area contributed by atoms with Gasteiger partial charge in [0.2, 0.25) is 0 Å². The van der Waals surface area contributed by atoms with Crippen LogP contribution >= 0.6 is 0 Å². The maximum atomic E-state index is 11.7. The van der Waals surface area contributed by atoms with E-state index in [4.69, 9.17) is 19.9 Å². The second-order valence-corrected chi connectivity index (χ2v) is 4.82. The van der Waals surface area contributed by atoms with Crippen molar-refractivity contribution >= 4 is 5.97 Å². The second-order valence-electron chi connectivity index (χ2n) is 4.82. The molecule has 1 fully saturated rings. The van der Waals surface area contributed by atoms with Gasteiger partial charge in [0.05, 0.1) is 20.8 Å². The first-order valence-corrected chi connectivity index (χ1v) is 6.24. The van der Waals surface area contributed by atoms with Crippen LogP contribution in [0.25, 0.3) is 0 Å². The lowest BCUT2D eigenvalue weighted by Gasteiger charge is -2.17. The number of para-hydroxylation sites is 1. The molecule has 19 heavy (non-hydrogen) atoms. The first-order chi connectivity index (χ1) is 9.15. The molecule has 1 aliphatic rings. The fourth-order valence-corrected chi connectivity index (χ4v) is 1.91. The predicted molar refractivity (Wildman–Crippen MR) is 70.5 cm³/mol. The van der Waals surface area contributed by atoms with Crippen LogP contribution in [0.3, 0.4) is 0 Å². The molecular weight excluding hydrogens is 246 g/mol. The lowest BCUT2D eigenvalue weighted by molar-refractivity contribution is 0.0593. The molecule has 104 valence electrons. The number of methoxy groups -OCH3 is 2. The van der Waals surface area contributed by atoms with Gasteiger partial charge in [0.1, 0.15) is 5.56 Å². The number of hydrogen-bond donors (Lipinski definition) is 1. The lowest BCUT2D eigenvalue weighted by Crippen LogP contribution is -2.23. The van der Waals surface area contributed by atoms with E-state index in [1.165, 1.54) is 7.11 Å². The number of ether oxygens (including phenoxy) is 3. The van der Waals surface area contributed by atoms with E-state index < -0.39 is 5.97 Å². The van der Waals surface area contributed by atoms with E-state index >= 15 is 0 Å². The van der Waals surface area contributed by atoms with Crippen molar-refractivity contribution < 1.29 is 19.0 Å². The average Bonchev–Trinajstić information content (AvgIpc) is 3.24. The molecule has 1 aromatic carbocycles. The molecule has 0 radical (unpaired) electrons. The number of esters is 1. The Labute approximate surface area is 112 Å². The van der Waals surface area contributed by atoms with Crippen molar-refractivity contribution in [3.05, 3.63) is 23.8 Å². The van der Waals surface area contributed by atoms with E-state index in [1.54, 1.807) is 25.3 Å². The van der Waals surface area contributed by atoms with E-state index in [0.717, 1.165) is 12.8 Å². The molecule has 5 nitrogen and oxygen atoms in total. The van der Waals surface area contributed by atoms with Crippen LogP contribution in [0.4, 0.5) is 0 Å². The molecule has 0 aliphatic heterocycles. The monoisotopic (exact) mass is 265 g/mol. The van der Waals surface area contributed by atoms with Crippen LogP contribution in [-0.2, 0) is 4.74 Å². The normalized spacial score (nSPS) is 15.7. The fourth-order valence-electron chi connectivity index (χ4n) is 1.91. The molecule has 2 N–H and O–H groups in total. The Bertz CT molecular complexity index is 469. The van der Waals surface area contributed by atoms with Crippen molar-refractivity contribution in [2.75, 3.05) is 27.4 Å². The summed E-state index contributed by atoms with van der Waals surface area (Å²) in [5, 5.41) is 0. The van der Waals surface area contributed by atoms with Gasteiger partial charge in [-0.15, -0.1) is 0 Å². The molecule has 1 aromatic rings. The van der Waals surface area contributed by atoms with E-state index in [0.29, 0.717) is 30.2 Å². The van der Waals surface area contributed by atoms with E-state index in [1.807, 2.05) is 0 Å². The predicted octanol–water partition coefficient (Wildman–Crippen LogP) is 1.60. The third kappa shape index (κ3) is 2.81. The van der Waals surface area contributed by atoms with Crippen LogP contribution in [0.1, 0.15) is 23.2 Å². The zero-order chi connectivity index (χ0) is 13.9. The molecule has 0 atom stereocenters. The van der Waals surface area contributed by atoms with Crippen molar-refractivity contribution in [3.8, 4) is 11.5 Å². The molecule has 0 heterocycles. The number of hydrogen-bond acceptors (Lipinski definition) is 5. The minimum atomic E-state index is -0.438. The Hall–Kier alpha value is -1.75. The maximum absolute atomic E-state index is 11.7. The molecule has 1 saturated carbocycles. The Morgan fingerprint density at radius 2 is 2.11 bits per heavy atom. The first kappa shape index (κ1) is 13.7. The average molecular weight is 265 g/mol. The van der Waals surface area contributed by atoms with Crippen LogP contribution in [-0.4, -0.2) is 33.3 Å². The zero-order valence-electron chi connectivity index (χ0n) is 11.3. The molecule has 0 aromatic heterocycles.